The lowest BCUT2D eigenvalue weighted by Crippen LogP contribution is -2.37. The molecule has 1 aromatic carbocycles. The minimum atomic E-state index is 0.354. The molecule has 4 heteroatoms. The molecule has 114 valence electrons. The number of rotatable bonds is 7. The van der Waals surface area contributed by atoms with Crippen molar-refractivity contribution >= 4 is 26.8 Å². The minimum absolute atomic E-state index is 0.354. The molecule has 2 aromatic rings. The maximum absolute atomic E-state index is 5.57. The first kappa shape index (κ1) is 16.4. The molecule has 1 N–H and O–H groups in total. The van der Waals surface area contributed by atoms with Crippen molar-refractivity contribution in [3.63, 3.8) is 0 Å². The lowest BCUT2D eigenvalue weighted by atomic mass is 10.0. The van der Waals surface area contributed by atoms with E-state index in [0.29, 0.717) is 12.0 Å². The summed E-state index contributed by atoms with van der Waals surface area (Å²) in [5, 5.41) is 4.76. The van der Waals surface area contributed by atoms with E-state index < -0.39 is 0 Å². The van der Waals surface area contributed by atoms with Crippen molar-refractivity contribution in [1.29, 1.82) is 0 Å². The van der Waals surface area contributed by atoms with Gasteiger partial charge in [0.05, 0.1) is 12.1 Å². The van der Waals surface area contributed by atoms with E-state index >= 15 is 0 Å². The number of aromatic nitrogens is 1. The molecule has 1 unspecified atom stereocenters. The highest BCUT2D eigenvalue weighted by Crippen LogP contribution is 2.25. The van der Waals surface area contributed by atoms with E-state index in [1.54, 1.807) is 0 Å². The third kappa shape index (κ3) is 4.25. The molecule has 0 aliphatic carbocycles. The summed E-state index contributed by atoms with van der Waals surface area (Å²) in [6.45, 7) is 8.77. The van der Waals surface area contributed by atoms with Crippen molar-refractivity contribution in [1.82, 2.24) is 10.3 Å². The Morgan fingerprint density at radius 3 is 2.81 bits per heavy atom. The van der Waals surface area contributed by atoms with Gasteiger partial charge >= 0.3 is 0 Å². The fraction of sp³-hybridized carbons (Fsp3) is 0.471. The molecule has 2 rings (SSSR count). The van der Waals surface area contributed by atoms with Gasteiger partial charge in [-0.25, -0.2) is 0 Å². The maximum Gasteiger partial charge on any atom is 0.0758 e. The maximum atomic E-state index is 5.57. The summed E-state index contributed by atoms with van der Waals surface area (Å²) >= 11 is 3.59. The zero-order chi connectivity index (χ0) is 15.2. The molecule has 1 aromatic heterocycles. The number of hydrogen-bond donors (Lipinski definition) is 1. The van der Waals surface area contributed by atoms with Crippen LogP contribution in [-0.4, -0.2) is 24.2 Å². The van der Waals surface area contributed by atoms with Crippen molar-refractivity contribution in [2.24, 2.45) is 5.92 Å². The average molecular weight is 351 g/mol. The molecule has 0 saturated carbocycles. The van der Waals surface area contributed by atoms with Crippen LogP contribution in [0.3, 0.4) is 0 Å². The molecule has 21 heavy (non-hydrogen) atoms. The smallest absolute Gasteiger partial charge is 0.0758 e. The van der Waals surface area contributed by atoms with Gasteiger partial charge in [0.15, 0.2) is 0 Å². The fourth-order valence-corrected chi connectivity index (χ4v) is 2.76. The topological polar surface area (TPSA) is 34.1 Å². The van der Waals surface area contributed by atoms with E-state index in [4.69, 9.17) is 4.74 Å². The van der Waals surface area contributed by atoms with Crippen LogP contribution in [0.15, 0.2) is 34.9 Å². The Hall–Kier alpha value is -0.970. The van der Waals surface area contributed by atoms with Gasteiger partial charge in [-0.2, -0.15) is 0 Å². The van der Waals surface area contributed by atoms with Gasteiger partial charge in [-0.15, -0.1) is 0 Å². The van der Waals surface area contributed by atoms with Gasteiger partial charge in [0.2, 0.25) is 0 Å². The van der Waals surface area contributed by atoms with Gasteiger partial charge in [0, 0.05) is 35.2 Å². The van der Waals surface area contributed by atoms with Crippen molar-refractivity contribution < 1.29 is 4.74 Å². The fourth-order valence-electron chi connectivity index (χ4n) is 2.31. The molecule has 0 bridgehead atoms. The zero-order valence-corrected chi connectivity index (χ0v) is 14.5. The highest BCUT2D eigenvalue weighted by molar-refractivity contribution is 9.10. The molecule has 3 nitrogen and oxygen atoms in total. The van der Waals surface area contributed by atoms with E-state index in [1.807, 2.05) is 19.2 Å². The lowest BCUT2D eigenvalue weighted by Gasteiger charge is -2.22. The Balaban J connectivity index is 2.14. The molecule has 1 heterocycles. The quantitative estimate of drug-likeness (QED) is 0.814. The van der Waals surface area contributed by atoms with Gasteiger partial charge < -0.3 is 10.1 Å². The van der Waals surface area contributed by atoms with E-state index in [-0.39, 0.29) is 0 Å². The second kappa shape index (κ2) is 7.87. The summed E-state index contributed by atoms with van der Waals surface area (Å²) in [6.07, 6.45) is 1.85. The number of nitrogens with zero attached hydrogens (tertiary/aromatic N) is 1. The molecule has 0 spiro atoms. The van der Waals surface area contributed by atoms with Crippen LogP contribution in [0.25, 0.3) is 10.9 Å². The van der Waals surface area contributed by atoms with E-state index in [0.717, 1.165) is 35.1 Å². The van der Waals surface area contributed by atoms with E-state index in [9.17, 15) is 0 Å². The number of halogens is 1. The normalized spacial score (nSPS) is 13.0. The molecule has 0 aliphatic heterocycles. The Morgan fingerprint density at radius 1 is 1.29 bits per heavy atom. The predicted octanol–water partition coefficient (Wildman–Crippen LogP) is 4.15. The molecule has 1 atom stereocenters. The van der Waals surface area contributed by atoms with Gasteiger partial charge in [0.25, 0.3) is 0 Å². The third-order valence-corrected chi connectivity index (χ3v) is 4.35. The first-order valence-electron chi connectivity index (χ1n) is 7.46. The van der Waals surface area contributed by atoms with Crippen molar-refractivity contribution in [3.05, 3.63) is 40.5 Å². The number of pyridine rings is 1. The van der Waals surface area contributed by atoms with Crippen LogP contribution < -0.4 is 5.32 Å². The summed E-state index contributed by atoms with van der Waals surface area (Å²) in [7, 11) is 0. The van der Waals surface area contributed by atoms with E-state index in [2.05, 4.69) is 58.3 Å². The van der Waals surface area contributed by atoms with Crippen molar-refractivity contribution in [3.8, 4) is 0 Å². The predicted molar refractivity (Wildman–Crippen MR) is 91.4 cm³/mol. The van der Waals surface area contributed by atoms with Crippen LogP contribution in [0.5, 0.6) is 0 Å². The number of hydrogen-bond acceptors (Lipinski definition) is 3. The summed E-state index contributed by atoms with van der Waals surface area (Å²) in [4.78, 5) is 4.53. The van der Waals surface area contributed by atoms with Gasteiger partial charge in [-0.3, -0.25) is 4.98 Å². The Bertz CT molecular complexity index is 586. The molecule has 0 radical (unpaired) electrons. The van der Waals surface area contributed by atoms with Crippen LogP contribution in [0.1, 0.15) is 26.3 Å². The highest BCUT2D eigenvalue weighted by atomic mass is 79.9. The van der Waals surface area contributed by atoms with Crippen LogP contribution in [0.2, 0.25) is 0 Å². The van der Waals surface area contributed by atoms with E-state index in [1.165, 1.54) is 5.56 Å². The summed E-state index contributed by atoms with van der Waals surface area (Å²) in [5.41, 5.74) is 2.27. The largest absolute Gasteiger partial charge is 0.380 e. The Morgan fingerprint density at radius 2 is 2.10 bits per heavy atom. The van der Waals surface area contributed by atoms with Gasteiger partial charge in [-0.05, 0) is 30.5 Å². The van der Waals surface area contributed by atoms with Gasteiger partial charge in [-0.1, -0.05) is 41.9 Å². The first-order valence-corrected chi connectivity index (χ1v) is 8.26. The zero-order valence-electron chi connectivity index (χ0n) is 12.9. The van der Waals surface area contributed by atoms with Gasteiger partial charge in [0.1, 0.15) is 0 Å². The average Bonchev–Trinajstić information content (AvgIpc) is 2.49. The van der Waals surface area contributed by atoms with Crippen LogP contribution in [0, 0.1) is 5.92 Å². The standard InChI is InChI=1S/C17H23BrN2O/c1-4-21-11-16(12(2)3)20-10-13-7-8-15(18)14-6-5-9-19-17(13)14/h5-9,12,16,20H,4,10-11H2,1-3H3. The minimum Gasteiger partial charge on any atom is -0.380 e. The number of benzene rings is 1. The Kier molecular flexibility index (Phi) is 6.15. The van der Waals surface area contributed by atoms with Crippen LogP contribution >= 0.6 is 15.9 Å². The van der Waals surface area contributed by atoms with Crippen molar-refractivity contribution in [2.75, 3.05) is 13.2 Å². The number of ether oxygens (including phenoxy) is 1. The second-order valence-electron chi connectivity index (χ2n) is 5.50. The molecule has 0 fully saturated rings. The second-order valence-corrected chi connectivity index (χ2v) is 6.35. The SMILES string of the molecule is CCOCC(NCc1ccc(Br)c2cccnc12)C(C)C. The molecule has 0 saturated heterocycles. The van der Waals surface area contributed by atoms with Crippen LogP contribution in [-0.2, 0) is 11.3 Å². The summed E-state index contributed by atoms with van der Waals surface area (Å²) < 4.78 is 6.65. The number of nitrogens with one attached hydrogen (secondary N) is 1. The van der Waals surface area contributed by atoms with Crippen LogP contribution in [0.4, 0.5) is 0 Å². The summed E-state index contributed by atoms with van der Waals surface area (Å²) in [6, 6.07) is 8.64. The number of fused-ring (bicyclic) bond motifs is 1. The molecule has 0 amide bonds. The third-order valence-electron chi connectivity index (χ3n) is 3.66. The molecule has 0 aliphatic rings. The lowest BCUT2D eigenvalue weighted by molar-refractivity contribution is 0.108. The highest BCUT2D eigenvalue weighted by Gasteiger charge is 2.14. The molecular formula is C17H23BrN2O. The molecular weight excluding hydrogens is 328 g/mol. The Labute approximate surface area is 135 Å². The van der Waals surface area contributed by atoms with Crippen molar-refractivity contribution in [2.45, 2.75) is 33.4 Å². The first-order chi connectivity index (χ1) is 10.1. The monoisotopic (exact) mass is 350 g/mol. The summed E-state index contributed by atoms with van der Waals surface area (Å²) in [5.74, 6) is 0.534.